The number of carbonyl (C=O) groups excluding carboxylic acids is 1. The Morgan fingerprint density at radius 3 is 2.58 bits per heavy atom. The van der Waals surface area contributed by atoms with Gasteiger partial charge in [-0.2, -0.15) is 4.68 Å². The number of benzene rings is 1. The molecular formula is C30H32Cl2N6O5. The molecule has 226 valence electrons. The van der Waals surface area contributed by atoms with E-state index < -0.39 is 11.5 Å². The second kappa shape index (κ2) is 13.0. The molecule has 0 saturated carbocycles. The Balaban J connectivity index is 0.000000197. The summed E-state index contributed by atoms with van der Waals surface area (Å²) in [5.74, 6) is 2.43. The van der Waals surface area contributed by atoms with Crippen LogP contribution in [0.2, 0.25) is 10.0 Å². The second-order valence-corrected chi connectivity index (χ2v) is 11.4. The van der Waals surface area contributed by atoms with Gasteiger partial charge in [-0.1, -0.05) is 49.9 Å². The standard InChI is InChI=1S/C15H13Cl2N3O2.C15H19N3O3/c1-2-7-22-13-9-12(10(16)8-11(13)17)20-15(21)19-6-4-3-5-14(19)18-20;1-5-9-6-10(13(19)20)11(16-7-9)12-17-14(21)15(4,18-12)8(2)3/h1,8-9H,3-7H2;6-8H,5H2,1-4H3,(H,19,20)(H,17,18,21). The number of aromatic nitrogens is 4. The molecule has 4 heterocycles. The molecule has 43 heavy (non-hydrogen) atoms. The molecule has 3 aromatic rings. The lowest BCUT2D eigenvalue weighted by atomic mass is 9.89. The van der Waals surface area contributed by atoms with Gasteiger partial charge in [-0.05, 0) is 49.8 Å². The van der Waals surface area contributed by atoms with Gasteiger partial charge in [0.05, 0.1) is 21.3 Å². The van der Waals surface area contributed by atoms with Crippen LogP contribution in [0.1, 0.15) is 68.0 Å². The van der Waals surface area contributed by atoms with Crippen LogP contribution < -0.4 is 15.7 Å². The van der Waals surface area contributed by atoms with Crippen molar-refractivity contribution in [1.29, 1.82) is 0 Å². The van der Waals surface area contributed by atoms with Gasteiger partial charge in [0, 0.05) is 25.2 Å². The highest BCUT2D eigenvalue weighted by molar-refractivity contribution is 6.36. The summed E-state index contributed by atoms with van der Waals surface area (Å²) in [5, 5.41) is 17.0. The van der Waals surface area contributed by atoms with E-state index in [-0.39, 0.29) is 41.2 Å². The maximum Gasteiger partial charge on any atom is 0.350 e. The minimum Gasteiger partial charge on any atom is -0.479 e. The minimum atomic E-state index is -1.08. The Bertz CT molecular complexity index is 1700. The van der Waals surface area contributed by atoms with Crippen LogP contribution in [-0.4, -0.2) is 54.3 Å². The Labute approximate surface area is 258 Å². The number of ether oxygens (including phenoxy) is 1. The molecule has 0 saturated heterocycles. The van der Waals surface area contributed by atoms with Crippen LogP contribution in [0.3, 0.4) is 0 Å². The van der Waals surface area contributed by atoms with Crippen molar-refractivity contribution in [3.05, 3.63) is 67.6 Å². The van der Waals surface area contributed by atoms with E-state index >= 15 is 0 Å². The quantitative estimate of drug-likeness (QED) is 0.372. The van der Waals surface area contributed by atoms with Gasteiger partial charge in [-0.25, -0.2) is 14.6 Å². The third-order valence-electron chi connectivity index (χ3n) is 7.48. The summed E-state index contributed by atoms with van der Waals surface area (Å²) in [6, 6.07) is 4.68. The first-order valence-corrected chi connectivity index (χ1v) is 14.5. The molecule has 2 aliphatic heterocycles. The van der Waals surface area contributed by atoms with Gasteiger partial charge in [0.15, 0.2) is 5.84 Å². The molecule has 2 aliphatic rings. The second-order valence-electron chi connectivity index (χ2n) is 10.6. The van der Waals surface area contributed by atoms with Gasteiger partial charge in [-0.15, -0.1) is 11.5 Å². The predicted molar refractivity (Wildman–Crippen MR) is 164 cm³/mol. The number of terminal acetylenes is 1. The van der Waals surface area contributed by atoms with Crippen LogP contribution in [-0.2, 0) is 24.2 Å². The van der Waals surface area contributed by atoms with E-state index in [2.05, 4.69) is 26.3 Å². The molecule has 2 aromatic heterocycles. The molecule has 1 atom stereocenters. The lowest BCUT2D eigenvalue weighted by Crippen LogP contribution is -2.41. The number of aromatic carboxylic acids is 1. The number of aryl methyl sites for hydroxylation is 2. The van der Waals surface area contributed by atoms with Gasteiger partial charge in [0.25, 0.3) is 5.91 Å². The fourth-order valence-electron chi connectivity index (χ4n) is 4.57. The van der Waals surface area contributed by atoms with E-state index in [9.17, 15) is 19.5 Å². The Morgan fingerprint density at radius 1 is 1.23 bits per heavy atom. The Hall–Kier alpha value is -4.14. The van der Waals surface area contributed by atoms with Crippen molar-refractivity contribution in [2.24, 2.45) is 10.9 Å². The highest BCUT2D eigenvalue weighted by atomic mass is 35.5. The maximum absolute atomic E-state index is 12.5. The molecule has 1 aromatic carbocycles. The summed E-state index contributed by atoms with van der Waals surface area (Å²) in [7, 11) is 0. The molecule has 2 N–H and O–H groups in total. The van der Waals surface area contributed by atoms with Crippen LogP contribution in [0.15, 0.2) is 34.2 Å². The predicted octanol–water partition coefficient (Wildman–Crippen LogP) is 4.32. The van der Waals surface area contributed by atoms with E-state index in [1.807, 2.05) is 20.8 Å². The summed E-state index contributed by atoms with van der Waals surface area (Å²) in [4.78, 5) is 44.6. The van der Waals surface area contributed by atoms with E-state index in [1.54, 1.807) is 29.8 Å². The van der Waals surface area contributed by atoms with Gasteiger partial charge in [0.1, 0.15) is 29.4 Å². The molecule has 11 nitrogen and oxygen atoms in total. The van der Waals surface area contributed by atoms with Crippen molar-refractivity contribution < 1.29 is 19.4 Å². The first-order chi connectivity index (χ1) is 20.4. The zero-order valence-electron chi connectivity index (χ0n) is 24.3. The number of pyridine rings is 1. The fourth-order valence-corrected chi connectivity index (χ4v) is 5.09. The molecule has 1 amide bonds. The van der Waals surface area contributed by atoms with Gasteiger partial charge >= 0.3 is 11.7 Å². The van der Waals surface area contributed by atoms with Crippen molar-refractivity contribution >= 4 is 40.9 Å². The minimum absolute atomic E-state index is 0.00167. The largest absolute Gasteiger partial charge is 0.479 e. The van der Waals surface area contributed by atoms with Crippen LogP contribution in [0.4, 0.5) is 0 Å². The third kappa shape index (κ3) is 6.45. The van der Waals surface area contributed by atoms with Crippen molar-refractivity contribution in [1.82, 2.24) is 24.6 Å². The number of halogens is 2. The number of aliphatic imine (C=N–C) groups is 1. The zero-order chi connectivity index (χ0) is 31.5. The number of carboxylic acid groups (broad SMARTS) is 1. The number of nitrogens with zero attached hydrogens (tertiary/aromatic N) is 5. The summed E-state index contributed by atoms with van der Waals surface area (Å²) in [5.41, 5.74) is 0.425. The van der Waals surface area contributed by atoms with E-state index in [0.29, 0.717) is 34.4 Å². The number of hydrogen-bond acceptors (Lipinski definition) is 7. The summed E-state index contributed by atoms with van der Waals surface area (Å²) < 4.78 is 8.34. The monoisotopic (exact) mass is 626 g/mol. The Kier molecular flexibility index (Phi) is 9.62. The van der Waals surface area contributed by atoms with Gasteiger partial charge in [-0.3, -0.25) is 14.3 Å². The molecule has 0 spiro atoms. The number of fused-ring (bicyclic) bond motifs is 1. The number of amides is 1. The maximum atomic E-state index is 12.5. The lowest BCUT2D eigenvalue weighted by Gasteiger charge is -2.21. The number of hydrogen-bond donors (Lipinski definition) is 2. The first-order valence-electron chi connectivity index (χ1n) is 13.8. The number of amidine groups is 1. The van der Waals surface area contributed by atoms with Gasteiger partial charge in [0.2, 0.25) is 0 Å². The molecule has 0 fully saturated rings. The van der Waals surface area contributed by atoms with Crippen molar-refractivity contribution in [2.75, 3.05) is 6.61 Å². The number of nitrogens with one attached hydrogen (secondary N) is 1. The van der Waals surface area contributed by atoms with Crippen molar-refractivity contribution in [3.8, 4) is 23.8 Å². The average molecular weight is 628 g/mol. The number of carboxylic acids is 1. The van der Waals surface area contributed by atoms with Crippen molar-refractivity contribution in [2.45, 2.75) is 65.5 Å². The molecule has 5 rings (SSSR count). The van der Waals surface area contributed by atoms with E-state index in [4.69, 9.17) is 34.4 Å². The third-order valence-corrected chi connectivity index (χ3v) is 8.08. The van der Waals surface area contributed by atoms with Gasteiger partial charge < -0.3 is 15.2 Å². The molecule has 13 heteroatoms. The number of carbonyl (C=O) groups is 2. The smallest absolute Gasteiger partial charge is 0.350 e. The SMILES string of the molecule is C#CCOc1cc(-n2nc3n(c2=O)CCCC3)c(Cl)cc1Cl.CCc1cnc(C2=NC(C)(C(C)C)C(=O)N2)c(C(=O)O)c1. The normalized spacial score (nSPS) is 17.3. The number of rotatable bonds is 7. The van der Waals surface area contributed by atoms with Crippen LogP contribution >= 0.6 is 23.2 Å². The summed E-state index contributed by atoms with van der Waals surface area (Å²) in [6.07, 6.45) is 10.3. The highest BCUT2D eigenvalue weighted by Crippen LogP contribution is 2.33. The Morgan fingerprint density at radius 2 is 1.98 bits per heavy atom. The molecule has 1 unspecified atom stereocenters. The molecular weight excluding hydrogens is 595 g/mol. The fraction of sp³-hybridized carbons (Fsp3) is 0.400. The van der Waals surface area contributed by atoms with E-state index in [0.717, 1.165) is 30.7 Å². The summed E-state index contributed by atoms with van der Waals surface area (Å²) in [6.45, 7) is 8.22. The van der Waals surface area contributed by atoms with E-state index in [1.165, 1.54) is 10.7 Å². The average Bonchev–Trinajstić information content (AvgIpc) is 3.48. The zero-order valence-corrected chi connectivity index (χ0v) is 25.8. The van der Waals surface area contributed by atoms with Crippen LogP contribution in [0.5, 0.6) is 5.75 Å². The molecule has 0 aliphatic carbocycles. The lowest BCUT2D eigenvalue weighted by molar-refractivity contribution is -0.124. The molecule has 0 bridgehead atoms. The van der Waals surface area contributed by atoms with Crippen LogP contribution in [0.25, 0.3) is 5.69 Å². The van der Waals surface area contributed by atoms with Crippen LogP contribution in [0, 0.1) is 18.3 Å². The topological polar surface area (TPSA) is 141 Å². The summed E-state index contributed by atoms with van der Waals surface area (Å²) >= 11 is 12.3. The first kappa shape index (κ1) is 31.8. The van der Waals surface area contributed by atoms with Crippen molar-refractivity contribution in [3.63, 3.8) is 0 Å². The highest BCUT2D eigenvalue weighted by Gasteiger charge is 2.43. The molecule has 0 radical (unpaired) electrons.